The first kappa shape index (κ1) is 17.8. The summed E-state index contributed by atoms with van der Waals surface area (Å²) >= 11 is 6.00. The first-order valence-corrected chi connectivity index (χ1v) is 7.01. The molecule has 3 N–H and O–H groups in total. The third-order valence-corrected chi connectivity index (χ3v) is 3.66. The van der Waals surface area contributed by atoms with Gasteiger partial charge >= 0.3 is 0 Å². The standard InChI is InChI=1S/C14H18ClN3O2.ClH/c15-11-4-1-3-10(7-11)12-5-2-6-18(12)14(20)9-17-13(19)8-16;/h1,3-4,7,12H,2,5-6,8-9,16H2,(H,17,19);1H. The summed E-state index contributed by atoms with van der Waals surface area (Å²) in [5.41, 5.74) is 6.23. The maximum Gasteiger partial charge on any atom is 0.242 e. The minimum Gasteiger partial charge on any atom is -0.346 e. The van der Waals surface area contributed by atoms with Crippen molar-refractivity contribution in [3.05, 3.63) is 34.9 Å². The van der Waals surface area contributed by atoms with Crippen LogP contribution in [-0.4, -0.2) is 36.3 Å². The molecule has 1 atom stereocenters. The predicted molar refractivity (Wildman–Crippen MR) is 84.5 cm³/mol. The lowest BCUT2D eigenvalue weighted by Crippen LogP contribution is -2.41. The van der Waals surface area contributed by atoms with Gasteiger partial charge in [0, 0.05) is 11.6 Å². The summed E-state index contributed by atoms with van der Waals surface area (Å²) in [5, 5.41) is 3.18. The highest BCUT2D eigenvalue weighted by Crippen LogP contribution is 2.32. The van der Waals surface area contributed by atoms with Crippen LogP contribution in [0.15, 0.2) is 24.3 Å². The van der Waals surface area contributed by atoms with E-state index < -0.39 is 0 Å². The fourth-order valence-electron chi connectivity index (χ4n) is 2.47. The minimum absolute atomic E-state index is 0. The number of hydrogen-bond acceptors (Lipinski definition) is 3. The lowest BCUT2D eigenvalue weighted by Gasteiger charge is -2.25. The number of carbonyl (C=O) groups excluding carboxylic acids is 2. The van der Waals surface area contributed by atoms with Crippen molar-refractivity contribution in [1.29, 1.82) is 0 Å². The van der Waals surface area contributed by atoms with E-state index in [1.54, 1.807) is 4.90 Å². The lowest BCUT2D eigenvalue weighted by atomic mass is 10.0. The Balaban J connectivity index is 0.00000220. The zero-order chi connectivity index (χ0) is 14.5. The van der Waals surface area contributed by atoms with Crippen molar-refractivity contribution in [1.82, 2.24) is 10.2 Å². The summed E-state index contributed by atoms with van der Waals surface area (Å²) in [7, 11) is 0. The summed E-state index contributed by atoms with van der Waals surface area (Å²) in [6.45, 7) is 0.590. The van der Waals surface area contributed by atoms with Gasteiger partial charge in [-0.25, -0.2) is 0 Å². The van der Waals surface area contributed by atoms with E-state index in [9.17, 15) is 9.59 Å². The van der Waals surface area contributed by atoms with Crippen molar-refractivity contribution in [2.45, 2.75) is 18.9 Å². The zero-order valence-corrected chi connectivity index (χ0v) is 13.1. The van der Waals surface area contributed by atoms with Gasteiger partial charge in [-0.2, -0.15) is 0 Å². The van der Waals surface area contributed by atoms with Crippen molar-refractivity contribution in [2.75, 3.05) is 19.6 Å². The second-order valence-corrected chi connectivity index (χ2v) is 5.22. The Morgan fingerprint density at radius 3 is 2.86 bits per heavy atom. The first-order valence-electron chi connectivity index (χ1n) is 6.63. The number of hydrogen-bond donors (Lipinski definition) is 2. The van der Waals surface area contributed by atoms with Gasteiger partial charge in [0.1, 0.15) is 0 Å². The van der Waals surface area contributed by atoms with Crippen molar-refractivity contribution in [3.8, 4) is 0 Å². The van der Waals surface area contributed by atoms with Crippen molar-refractivity contribution in [3.63, 3.8) is 0 Å². The van der Waals surface area contributed by atoms with Crippen molar-refractivity contribution in [2.24, 2.45) is 5.73 Å². The summed E-state index contributed by atoms with van der Waals surface area (Å²) in [5.74, 6) is -0.411. The number of amides is 2. The molecule has 1 aliphatic rings. The molecule has 5 nitrogen and oxygen atoms in total. The average Bonchev–Trinajstić information content (AvgIpc) is 2.93. The van der Waals surface area contributed by atoms with Crippen LogP contribution >= 0.6 is 24.0 Å². The SMILES string of the molecule is Cl.NCC(=O)NCC(=O)N1CCCC1c1cccc(Cl)c1. The van der Waals surface area contributed by atoms with E-state index in [-0.39, 0.29) is 43.4 Å². The maximum atomic E-state index is 12.2. The van der Waals surface area contributed by atoms with E-state index >= 15 is 0 Å². The van der Waals surface area contributed by atoms with Crippen LogP contribution in [0.3, 0.4) is 0 Å². The number of carbonyl (C=O) groups is 2. The Morgan fingerprint density at radius 1 is 1.43 bits per heavy atom. The van der Waals surface area contributed by atoms with Gasteiger partial charge in [0.05, 0.1) is 19.1 Å². The molecule has 0 spiro atoms. The number of nitrogens with one attached hydrogen (secondary N) is 1. The second kappa shape index (κ2) is 8.22. The number of likely N-dealkylation sites (tertiary alicyclic amines) is 1. The van der Waals surface area contributed by atoms with Crippen LogP contribution in [0.2, 0.25) is 5.02 Å². The fourth-order valence-corrected chi connectivity index (χ4v) is 2.67. The number of rotatable bonds is 4. The van der Waals surface area contributed by atoms with E-state index in [2.05, 4.69) is 5.32 Å². The number of nitrogens with zero attached hydrogens (tertiary/aromatic N) is 1. The van der Waals surface area contributed by atoms with Gasteiger partial charge in [0.15, 0.2) is 0 Å². The van der Waals surface area contributed by atoms with Gasteiger partial charge in [-0.05, 0) is 30.5 Å². The van der Waals surface area contributed by atoms with Crippen LogP contribution in [-0.2, 0) is 9.59 Å². The Kier molecular flexibility index (Phi) is 6.95. The molecule has 21 heavy (non-hydrogen) atoms. The summed E-state index contributed by atoms with van der Waals surface area (Å²) in [6.07, 6.45) is 1.87. The summed E-state index contributed by atoms with van der Waals surface area (Å²) in [4.78, 5) is 25.1. The third-order valence-electron chi connectivity index (χ3n) is 3.43. The van der Waals surface area contributed by atoms with E-state index in [4.69, 9.17) is 17.3 Å². The molecule has 2 amide bonds. The van der Waals surface area contributed by atoms with Crippen molar-refractivity contribution >= 4 is 35.8 Å². The lowest BCUT2D eigenvalue weighted by molar-refractivity contribution is -0.133. The molecular weight excluding hydrogens is 313 g/mol. The van der Waals surface area contributed by atoms with Crippen LogP contribution in [0, 0.1) is 0 Å². The molecule has 1 saturated heterocycles. The highest BCUT2D eigenvalue weighted by Gasteiger charge is 2.29. The van der Waals surface area contributed by atoms with Gasteiger partial charge in [-0.15, -0.1) is 12.4 Å². The first-order chi connectivity index (χ1) is 9.61. The van der Waals surface area contributed by atoms with Crippen LogP contribution in [0.4, 0.5) is 0 Å². The molecule has 7 heteroatoms. The van der Waals surface area contributed by atoms with Gasteiger partial charge in [0.2, 0.25) is 11.8 Å². The molecule has 0 aliphatic carbocycles. The van der Waals surface area contributed by atoms with Gasteiger partial charge in [-0.1, -0.05) is 23.7 Å². The van der Waals surface area contributed by atoms with Gasteiger partial charge in [0.25, 0.3) is 0 Å². The number of halogens is 2. The molecule has 0 bridgehead atoms. The topological polar surface area (TPSA) is 75.4 Å². The molecule has 0 radical (unpaired) electrons. The Bertz CT molecular complexity index is 511. The molecule has 1 unspecified atom stereocenters. The van der Waals surface area contributed by atoms with Crippen LogP contribution in [0.5, 0.6) is 0 Å². The van der Waals surface area contributed by atoms with E-state index in [1.165, 1.54) is 0 Å². The monoisotopic (exact) mass is 331 g/mol. The molecule has 1 heterocycles. The fraction of sp³-hybridized carbons (Fsp3) is 0.429. The van der Waals surface area contributed by atoms with E-state index in [0.29, 0.717) is 11.6 Å². The summed E-state index contributed by atoms with van der Waals surface area (Å²) in [6, 6.07) is 7.59. The van der Waals surface area contributed by atoms with Gasteiger partial charge < -0.3 is 16.0 Å². The molecule has 0 saturated carbocycles. The predicted octanol–water partition coefficient (Wildman–Crippen LogP) is 1.50. The Hall–Kier alpha value is -1.30. The van der Waals surface area contributed by atoms with E-state index in [1.807, 2.05) is 24.3 Å². The molecule has 0 aromatic heterocycles. The summed E-state index contributed by atoms with van der Waals surface area (Å²) < 4.78 is 0. The Labute approximate surface area is 135 Å². The molecule has 2 rings (SSSR count). The van der Waals surface area contributed by atoms with E-state index in [0.717, 1.165) is 18.4 Å². The maximum absolute atomic E-state index is 12.2. The molecule has 1 aromatic carbocycles. The highest BCUT2D eigenvalue weighted by molar-refractivity contribution is 6.30. The average molecular weight is 332 g/mol. The minimum atomic E-state index is -0.322. The van der Waals surface area contributed by atoms with Crippen LogP contribution < -0.4 is 11.1 Å². The number of nitrogens with two attached hydrogens (primary N) is 1. The van der Waals surface area contributed by atoms with Crippen LogP contribution in [0.25, 0.3) is 0 Å². The molecule has 1 aromatic rings. The highest BCUT2D eigenvalue weighted by atomic mass is 35.5. The van der Waals surface area contributed by atoms with Crippen molar-refractivity contribution < 1.29 is 9.59 Å². The Morgan fingerprint density at radius 2 is 2.19 bits per heavy atom. The van der Waals surface area contributed by atoms with Gasteiger partial charge in [-0.3, -0.25) is 9.59 Å². The molecule has 1 fully saturated rings. The zero-order valence-electron chi connectivity index (χ0n) is 11.5. The largest absolute Gasteiger partial charge is 0.346 e. The second-order valence-electron chi connectivity index (χ2n) is 4.78. The molecular formula is C14H19Cl2N3O2. The molecule has 1 aliphatic heterocycles. The quantitative estimate of drug-likeness (QED) is 0.877. The van der Waals surface area contributed by atoms with Crippen LogP contribution in [0.1, 0.15) is 24.4 Å². The normalized spacial score (nSPS) is 17.2. The smallest absolute Gasteiger partial charge is 0.242 e. The number of benzene rings is 1. The molecule has 116 valence electrons. The third kappa shape index (κ3) is 4.59.